The van der Waals surface area contributed by atoms with Crippen molar-refractivity contribution in [2.24, 2.45) is 0 Å². The van der Waals surface area contributed by atoms with Crippen molar-refractivity contribution in [3.63, 3.8) is 0 Å². The van der Waals surface area contributed by atoms with Crippen LogP contribution in [0.15, 0.2) is 44.4 Å². The molecule has 3 rings (SSSR count). The molecule has 0 fully saturated rings. The summed E-state index contributed by atoms with van der Waals surface area (Å²) in [6, 6.07) is 9.16. The number of hydrogen-bond acceptors (Lipinski definition) is 4. The summed E-state index contributed by atoms with van der Waals surface area (Å²) in [6.07, 6.45) is 0. The summed E-state index contributed by atoms with van der Waals surface area (Å²) < 4.78 is 4.93. The number of nitrogens with one attached hydrogen (secondary N) is 2. The molecule has 0 amide bonds. The second kappa shape index (κ2) is 3.44. The summed E-state index contributed by atoms with van der Waals surface area (Å²) in [4.78, 5) is 27.2. The summed E-state index contributed by atoms with van der Waals surface area (Å²) in [5.41, 5.74) is 0.381. The molecule has 0 unspecified atom stereocenters. The third-order valence-corrected chi connectivity index (χ3v) is 2.41. The summed E-state index contributed by atoms with van der Waals surface area (Å²) in [5, 5.41) is 3.80. The lowest BCUT2D eigenvalue weighted by atomic mass is 10.1. The maximum Gasteiger partial charge on any atom is 0.326 e. The fourth-order valence-electron chi connectivity index (χ4n) is 1.66. The van der Waals surface area contributed by atoms with Crippen molar-refractivity contribution in [1.29, 1.82) is 0 Å². The van der Waals surface area contributed by atoms with Crippen LogP contribution in [0.2, 0.25) is 0 Å². The highest BCUT2D eigenvalue weighted by Gasteiger charge is 2.13. The molecule has 0 aliphatic heterocycles. The van der Waals surface area contributed by atoms with E-state index in [1.54, 1.807) is 0 Å². The smallest absolute Gasteiger partial charge is 0.326 e. The Morgan fingerprint density at radius 2 is 1.82 bits per heavy atom. The molecule has 17 heavy (non-hydrogen) atoms. The maximum absolute atomic E-state index is 11.4. The van der Waals surface area contributed by atoms with E-state index in [-0.39, 0.29) is 5.58 Å². The Morgan fingerprint density at radius 1 is 1.06 bits per heavy atom. The third-order valence-electron chi connectivity index (χ3n) is 2.41. The summed E-state index contributed by atoms with van der Waals surface area (Å²) >= 11 is 0. The zero-order valence-electron chi connectivity index (χ0n) is 8.56. The van der Waals surface area contributed by atoms with Gasteiger partial charge in [0, 0.05) is 5.56 Å². The highest BCUT2D eigenvalue weighted by Crippen LogP contribution is 2.22. The molecule has 6 heteroatoms. The SMILES string of the molecule is O=c1[nH]c(=O)c2onc(-c3ccccc3)c2[nH]1. The van der Waals surface area contributed by atoms with Crippen LogP contribution in [0.4, 0.5) is 0 Å². The number of benzene rings is 1. The van der Waals surface area contributed by atoms with Gasteiger partial charge in [-0.05, 0) is 0 Å². The first-order valence-corrected chi connectivity index (χ1v) is 4.93. The van der Waals surface area contributed by atoms with Gasteiger partial charge in [-0.15, -0.1) is 0 Å². The second-order valence-corrected chi connectivity index (χ2v) is 3.51. The van der Waals surface area contributed by atoms with Gasteiger partial charge in [-0.25, -0.2) is 4.79 Å². The van der Waals surface area contributed by atoms with Crippen LogP contribution in [0, 0.1) is 0 Å². The van der Waals surface area contributed by atoms with Crippen LogP contribution < -0.4 is 11.2 Å². The molecule has 0 radical (unpaired) electrons. The van der Waals surface area contributed by atoms with Crippen LogP contribution in [-0.4, -0.2) is 15.1 Å². The standard InChI is InChI=1S/C11H7N3O3/c15-10-9-8(12-11(16)13-10)7(14-17-9)6-4-2-1-3-5-6/h1-5H,(H2,12,13,15,16). The molecule has 0 atom stereocenters. The van der Waals surface area contributed by atoms with E-state index >= 15 is 0 Å². The monoisotopic (exact) mass is 229 g/mol. The number of H-pyrrole nitrogens is 2. The number of hydrogen-bond donors (Lipinski definition) is 2. The lowest BCUT2D eigenvalue weighted by Crippen LogP contribution is -2.21. The predicted molar refractivity (Wildman–Crippen MR) is 60.7 cm³/mol. The summed E-state index contributed by atoms with van der Waals surface area (Å²) in [5.74, 6) is 0. The Labute approximate surface area is 93.9 Å². The predicted octanol–water partition coefficient (Wildman–Crippen LogP) is 0.871. The van der Waals surface area contributed by atoms with Crippen molar-refractivity contribution in [3.05, 3.63) is 51.2 Å². The topological polar surface area (TPSA) is 91.8 Å². The molecule has 0 spiro atoms. The van der Waals surface area contributed by atoms with E-state index in [4.69, 9.17) is 4.52 Å². The number of aromatic amines is 2. The molecule has 0 saturated heterocycles. The number of nitrogens with zero attached hydrogens (tertiary/aromatic N) is 1. The van der Waals surface area contributed by atoms with E-state index in [1.165, 1.54) is 0 Å². The Kier molecular flexibility index (Phi) is 1.94. The fourth-order valence-corrected chi connectivity index (χ4v) is 1.66. The fraction of sp³-hybridized carbons (Fsp3) is 0. The van der Waals surface area contributed by atoms with E-state index < -0.39 is 11.2 Å². The van der Waals surface area contributed by atoms with Gasteiger partial charge < -0.3 is 9.51 Å². The van der Waals surface area contributed by atoms with Crippen molar-refractivity contribution in [2.45, 2.75) is 0 Å². The first kappa shape index (κ1) is 9.59. The van der Waals surface area contributed by atoms with Gasteiger partial charge in [0.1, 0.15) is 11.2 Å². The van der Waals surface area contributed by atoms with Gasteiger partial charge in [-0.2, -0.15) is 0 Å². The van der Waals surface area contributed by atoms with Crippen molar-refractivity contribution in [1.82, 2.24) is 15.1 Å². The van der Waals surface area contributed by atoms with Crippen molar-refractivity contribution in [3.8, 4) is 11.3 Å². The minimum Gasteiger partial charge on any atom is -0.348 e. The van der Waals surface area contributed by atoms with Gasteiger partial charge in [-0.1, -0.05) is 35.5 Å². The molecule has 3 aromatic rings. The molecule has 2 heterocycles. The zero-order valence-corrected chi connectivity index (χ0v) is 8.56. The molecule has 2 N–H and O–H groups in total. The molecule has 84 valence electrons. The van der Waals surface area contributed by atoms with E-state index in [9.17, 15) is 9.59 Å². The van der Waals surface area contributed by atoms with Gasteiger partial charge >= 0.3 is 5.69 Å². The van der Waals surface area contributed by atoms with Gasteiger partial charge in [0.15, 0.2) is 0 Å². The average molecular weight is 229 g/mol. The quantitative estimate of drug-likeness (QED) is 0.647. The van der Waals surface area contributed by atoms with Crippen LogP contribution in [0.1, 0.15) is 0 Å². The Hall–Kier alpha value is -2.63. The first-order chi connectivity index (χ1) is 8.25. The van der Waals surface area contributed by atoms with E-state index in [0.717, 1.165) is 5.56 Å². The molecule has 6 nitrogen and oxygen atoms in total. The van der Waals surface area contributed by atoms with Crippen LogP contribution in [0.5, 0.6) is 0 Å². The van der Waals surface area contributed by atoms with Crippen LogP contribution in [-0.2, 0) is 0 Å². The highest BCUT2D eigenvalue weighted by atomic mass is 16.5. The third kappa shape index (κ3) is 1.46. The lowest BCUT2D eigenvalue weighted by Gasteiger charge is -1.94. The normalized spacial score (nSPS) is 10.8. The molecule has 2 aromatic heterocycles. The van der Waals surface area contributed by atoms with Gasteiger partial charge in [0.25, 0.3) is 5.56 Å². The number of fused-ring (bicyclic) bond motifs is 1. The van der Waals surface area contributed by atoms with Crippen molar-refractivity contribution < 1.29 is 4.52 Å². The van der Waals surface area contributed by atoms with Crippen LogP contribution in [0.3, 0.4) is 0 Å². The minimum atomic E-state index is -0.585. The minimum absolute atomic E-state index is 0.0171. The van der Waals surface area contributed by atoms with Crippen molar-refractivity contribution >= 4 is 11.1 Å². The van der Waals surface area contributed by atoms with Crippen molar-refractivity contribution in [2.75, 3.05) is 0 Å². The number of aromatic nitrogens is 3. The zero-order chi connectivity index (χ0) is 11.8. The lowest BCUT2D eigenvalue weighted by molar-refractivity contribution is 0.456. The Morgan fingerprint density at radius 3 is 2.59 bits per heavy atom. The maximum atomic E-state index is 11.4. The molecule has 1 aromatic carbocycles. The first-order valence-electron chi connectivity index (χ1n) is 4.93. The van der Waals surface area contributed by atoms with E-state index in [0.29, 0.717) is 11.2 Å². The van der Waals surface area contributed by atoms with Gasteiger partial charge in [-0.3, -0.25) is 9.78 Å². The molecular weight excluding hydrogens is 222 g/mol. The highest BCUT2D eigenvalue weighted by molar-refractivity contribution is 5.87. The van der Waals surface area contributed by atoms with E-state index in [1.807, 2.05) is 30.3 Å². The second-order valence-electron chi connectivity index (χ2n) is 3.51. The molecular formula is C11H7N3O3. The molecule has 0 saturated carbocycles. The van der Waals surface area contributed by atoms with Crippen LogP contribution >= 0.6 is 0 Å². The summed E-state index contributed by atoms with van der Waals surface area (Å²) in [7, 11) is 0. The Balaban J connectivity index is 2.40. The van der Waals surface area contributed by atoms with Gasteiger partial charge in [0.05, 0.1) is 0 Å². The summed E-state index contributed by atoms with van der Waals surface area (Å²) in [6.45, 7) is 0. The number of rotatable bonds is 1. The average Bonchev–Trinajstić information content (AvgIpc) is 2.74. The van der Waals surface area contributed by atoms with Crippen LogP contribution in [0.25, 0.3) is 22.4 Å². The molecule has 0 aliphatic carbocycles. The molecule has 0 aliphatic rings. The largest absolute Gasteiger partial charge is 0.348 e. The Bertz CT molecular complexity index is 783. The van der Waals surface area contributed by atoms with E-state index in [2.05, 4.69) is 15.1 Å². The molecule has 0 bridgehead atoms. The van der Waals surface area contributed by atoms with Gasteiger partial charge in [0.2, 0.25) is 5.58 Å².